The van der Waals surface area contributed by atoms with E-state index in [4.69, 9.17) is 0 Å². The predicted molar refractivity (Wildman–Crippen MR) is 111 cm³/mol. The zero-order chi connectivity index (χ0) is 19.0. The molecule has 0 amide bonds. The highest BCUT2D eigenvalue weighted by Gasteiger charge is 2.21. The summed E-state index contributed by atoms with van der Waals surface area (Å²) < 4.78 is 0.742. The first-order valence-electron chi connectivity index (χ1n) is 9.09. The van der Waals surface area contributed by atoms with Crippen LogP contribution in [0.4, 0.5) is 5.82 Å². The molecule has 6 nitrogen and oxygen atoms in total. The number of aromatic nitrogens is 3. The largest absolute Gasteiger partial charge is 0.507 e. The molecule has 1 aliphatic rings. The molecule has 1 fully saturated rings. The van der Waals surface area contributed by atoms with Crippen LogP contribution < -0.4 is 5.32 Å². The Balaban J connectivity index is 1.79. The minimum atomic E-state index is 0.197. The van der Waals surface area contributed by atoms with E-state index in [9.17, 15) is 5.11 Å². The lowest BCUT2D eigenvalue weighted by Gasteiger charge is -2.30. The number of phenols is 1. The Morgan fingerprint density at radius 3 is 2.85 bits per heavy atom. The third-order valence-electron chi connectivity index (χ3n) is 4.96. The summed E-state index contributed by atoms with van der Waals surface area (Å²) in [5.41, 5.74) is 3.04. The fourth-order valence-corrected chi connectivity index (χ4v) is 3.93. The zero-order valence-electron chi connectivity index (χ0n) is 15.4. The number of benzene rings is 1. The predicted octanol–water partition coefficient (Wildman–Crippen LogP) is 3.97. The number of hydrogen-bond acceptors (Lipinski definition) is 6. The van der Waals surface area contributed by atoms with Gasteiger partial charge in [0.1, 0.15) is 21.6 Å². The van der Waals surface area contributed by atoms with E-state index in [0.29, 0.717) is 23.1 Å². The molecule has 27 heavy (non-hydrogen) atoms. The third kappa shape index (κ3) is 3.75. The lowest BCUT2D eigenvalue weighted by atomic mass is 10.0. The summed E-state index contributed by atoms with van der Waals surface area (Å²) in [5, 5.41) is 23.7. The summed E-state index contributed by atoms with van der Waals surface area (Å²) in [6, 6.07) is 9.74. The number of nitrogens with zero attached hydrogens (tertiary/aromatic N) is 4. The van der Waals surface area contributed by atoms with E-state index in [0.717, 1.165) is 47.0 Å². The van der Waals surface area contributed by atoms with Crippen molar-refractivity contribution in [2.24, 2.45) is 0 Å². The van der Waals surface area contributed by atoms with Gasteiger partial charge in [0.25, 0.3) is 0 Å². The summed E-state index contributed by atoms with van der Waals surface area (Å²) in [6.45, 7) is 4.04. The molecule has 1 saturated heterocycles. The Morgan fingerprint density at radius 1 is 1.22 bits per heavy atom. The van der Waals surface area contributed by atoms with Crippen molar-refractivity contribution >= 4 is 32.7 Å². The number of pyridine rings is 1. The number of piperidine rings is 1. The van der Waals surface area contributed by atoms with Gasteiger partial charge in [-0.2, -0.15) is 0 Å². The maximum absolute atomic E-state index is 10.4. The van der Waals surface area contributed by atoms with Gasteiger partial charge in [0.2, 0.25) is 0 Å². The number of anilines is 1. The quantitative estimate of drug-likeness (QED) is 0.615. The number of rotatable bonds is 3. The van der Waals surface area contributed by atoms with Crippen molar-refractivity contribution in [1.82, 2.24) is 20.1 Å². The lowest BCUT2D eigenvalue weighted by Crippen LogP contribution is -2.40. The molecular formula is C20H22BrN5O. The minimum Gasteiger partial charge on any atom is -0.507 e. The van der Waals surface area contributed by atoms with E-state index in [2.05, 4.69) is 48.4 Å². The van der Waals surface area contributed by atoms with E-state index in [1.54, 1.807) is 6.07 Å². The molecule has 0 unspecified atom stereocenters. The number of likely N-dealkylation sites (N-methyl/N-ethyl adjacent to an activating group) is 1. The number of phenolic OH excluding ortho intramolecular Hbond substituents is 1. The third-order valence-corrected chi connectivity index (χ3v) is 5.41. The van der Waals surface area contributed by atoms with Gasteiger partial charge in [0.05, 0.1) is 0 Å². The highest BCUT2D eigenvalue weighted by atomic mass is 79.9. The van der Waals surface area contributed by atoms with Crippen LogP contribution in [0.25, 0.3) is 22.2 Å². The van der Waals surface area contributed by atoms with Crippen molar-refractivity contribution in [1.29, 1.82) is 0 Å². The monoisotopic (exact) mass is 427 g/mol. The molecule has 0 radical (unpaired) electrons. The number of fused-ring (bicyclic) bond motifs is 1. The molecule has 2 aromatic heterocycles. The molecule has 1 aliphatic heterocycles. The van der Waals surface area contributed by atoms with E-state index in [1.807, 2.05) is 31.2 Å². The first-order chi connectivity index (χ1) is 13.0. The molecule has 140 valence electrons. The van der Waals surface area contributed by atoms with Crippen LogP contribution in [0.5, 0.6) is 5.75 Å². The van der Waals surface area contributed by atoms with E-state index >= 15 is 0 Å². The first-order valence-corrected chi connectivity index (χ1v) is 9.88. The van der Waals surface area contributed by atoms with Crippen molar-refractivity contribution in [2.75, 3.05) is 25.5 Å². The van der Waals surface area contributed by atoms with Crippen LogP contribution in [0.1, 0.15) is 18.4 Å². The second-order valence-corrected chi connectivity index (χ2v) is 8.01. The van der Waals surface area contributed by atoms with Gasteiger partial charge in [-0.1, -0.05) is 6.07 Å². The number of aryl methyl sites for hydroxylation is 1. The van der Waals surface area contributed by atoms with Gasteiger partial charge in [-0.15, -0.1) is 10.2 Å². The molecule has 7 heteroatoms. The van der Waals surface area contributed by atoms with Crippen molar-refractivity contribution in [3.05, 3.63) is 40.5 Å². The standard InChI is InChI=1S/C20H22BrN5O/c1-12-5-6-14(16(27)10-12)18-15-7-8-17(21)23-19(15)20(25-24-18)22-13-4-3-9-26(2)11-13/h5-8,10,13,27H,3-4,9,11H2,1-2H3,(H,22,25)/t13-/m1/s1. The molecule has 4 rings (SSSR count). The van der Waals surface area contributed by atoms with Gasteiger partial charge in [-0.3, -0.25) is 0 Å². The molecule has 0 saturated carbocycles. The highest BCUT2D eigenvalue weighted by molar-refractivity contribution is 9.10. The summed E-state index contributed by atoms with van der Waals surface area (Å²) in [4.78, 5) is 6.97. The Hall–Kier alpha value is -2.25. The number of nitrogens with one attached hydrogen (secondary N) is 1. The van der Waals surface area contributed by atoms with Crippen LogP contribution in [0.15, 0.2) is 34.9 Å². The molecule has 0 spiro atoms. The minimum absolute atomic E-state index is 0.197. The van der Waals surface area contributed by atoms with Crippen LogP contribution in [-0.4, -0.2) is 51.4 Å². The van der Waals surface area contributed by atoms with Crippen LogP contribution in [0.3, 0.4) is 0 Å². The highest BCUT2D eigenvalue weighted by Crippen LogP contribution is 2.35. The number of aromatic hydroxyl groups is 1. The van der Waals surface area contributed by atoms with Crippen LogP contribution >= 0.6 is 15.9 Å². The van der Waals surface area contributed by atoms with E-state index < -0.39 is 0 Å². The molecule has 0 bridgehead atoms. The molecule has 3 aromatic rings. The molecule has 3 heterocycles. The second-order valence-electron chi connectivity index (χ2n) is 7.19. The summed E-state index contributed by atoms with van der Waals surface area (Å²) >= 11 is 3.46. The smallest absolute Gasteiger partial charge is 0.175 e. The maximum Gasteiger partial charge on any atom is 0.175 e. The van der Waals surface area contributed by atoms with Crippen molar-refractivity contribution in [2.45, 2.75) is 25.8 Å². The fraction of sp³-hybridized carbons (Fsp3) is 0.350. The van der Waals surface area contributed by atoms with Crippen molar-refractivity contribution in [3.63, 3.8) is 0 Å². The molecule has 1 atom stereocenters. The van der Waals surface area contributed by atoms with E-state index in [-0.39, 0.29) is 5.75 Å². The van der Waals surface area contributed by atoms with Gasteiger partial charge in [0.15, 0.2) is 5.82 Å². The molecule has 2 N–H and O–H groups in total. The first kappa shape index (κ1) is 18.1. The van der Waals surface area contributed by atoms with Gasteiger partial charge >= 0.3 is 0 Å². The molecular weight excluding hydrogens is 406 g/mol. The average Bonchev–Trinajstić information content (AvgIpc) is 2.63. The maximum atomic E-state index is 10.4. The second kappa shape index (κ2) is 7.40. The number of hydrogen-bond donors (Lipinski definition) is 2. The van der Waals surface area contributed by atoms with Gasteiger partial charge < -0.3 is 15.3 Å². The van der Waals surface area contributed by atoms with Gasteiger partial charge in [-0.25, -0.2) is 4.98 Å². The van der Waals surface area contributed by atoms with Gasteiger partial charge in [-0.05, 0) is 79.1 Å². The summed E-state index contributed by atoms with van der Waals surface area (Å²) in [5.74, 6) is 0.880. The average molecular weight is 428 g/mol. The normalized spacial score (nSPS) is 18.0. The summed E-state index contributed by atoms with van der Waals surface area (Å²) in [6.07, 6.45) is 2.26. The number of likely N-dealkylation sites (tertiary alicyclic amines) is 1. The topological polar surface area (TPSA) is 74.2 Å². The summed E-state index contributed by atoms with van der Waals surface area (Å²) in [7, 11) is 2.13. The lowest BCUT2D eigenvalue weighted by molar-refractivity contribution is 0.261. The van der Waals surface area contributed by atoms with Crippen LogP contribution in [-0.2, 0) is 0 Å². The molecule has 0 aliphatic carbocycles. The fourth-order valence-electron chi connectivity index (χ4n) is 3.62. The zero-order valence-corrected chi connectivity index (χ0v) is 17.0. The SMILES string of the molecule is Cc1ccc(-c2nnc(N[C@@H]3CCCN(C)C3)c3nc(Br)ccc23)c(O)c1. The Bertz CT molecular complexity index is 994. The van der Waals surface area contributed by atoms with Crippen molar-refractivity contribution < 1.29 is 5.11 Å². The van der Waals surface area contributed by atoms with Crippen LogP contribution in [0, 0.1) is 6.92 Å². The molecule has 1 aromatic carbocycles. The number of halogens is 1. The van der Waals surface area contributed by atoms with E-state index in [1.165, 1.54) is 0 Å². The van der Waals surface area contributed by atoms with Crippen LogP contribution in [0.2, 0.25) is 0 Å². The Morgan fingerprint density at radius 2 is 2.07 bits per heavy atom. The Kier molecular flexibility index (Phi) is 4.97. The van der Waals surface area contributed by atoms with Crippen molar-refractivity contribution in [3.8, 4) is 17.0 Å². The Labute approximate surface area is 166 Å². The van der Waals surface area contributed by atoms with Gasteiger partial charge in [0, 0.05) is 23.5 Å².